The Morgan fingerprint density at radius 1 is 1.17 bits per heavy atom. The fourth-order valence-electron chi connectivity index (χ4n) is 2.84. The number of benzene rings is 1. The van der Waals surface area contributed by atoms with Gasteiger partial charge in [0.1, 0.15) is 5.75 Å². The molecule has 1 aromatic carbocycles. The van der Waals surface area contributed by atoms with Gasteiger partial charge in [-0.05, 0) is 12.1 Å². The summed E-state index contributed by atoms with van der Waals surface area (Å²) < 4.78 is 36.5. The van der Waals surface area contributed by atoms with Crippen molar-refractivity contribution in [3.8, 4) is 5.75 Å². The molecule has 23 heavy (non-hydrogen) atoms. The third-order valence-corrected chi connectivity index (χ3v) is 5.18. The first kappa shape index (κ1) is 16.1. The van der Waals surface area contributed by atoms with Gasteiger partial charge in [-0.3, -0.25) is 9.10 Å². The maximum Gasteiger partial charge on any atom is 0.263 e. The van der Waals surface area contributed by atoms with Crippen LogP contribution in [0.15, 0.2) is 24.3 Å². The largest absolute Gasteiger partial charge is 0.478 e. The van der Waals surface area contributed by atoms with Gasteiger partial charge in [-0.15, -0.1) is 0 Å². The molecule has 2 aliphatic heterocycles. The first-order chi connectivity index (χ1) is 11.0. The Hall–Kier alpha value is -1.80. The second-order valence-electron chi connectivity index (χ2n) is 5.64. The van der Waals surface area contributed by atoms with Crippen molar-refractivity contribution in [2.24, 2.45) is 0 Å². The number of sulfonamides is 1. The van der Waals surface area contributed by atoms with Gasteiger partial charge < -0.3 is 14.4 Å². The predicted octanol–water partition coefficient (Wildman–Crippen LogP) is 0.463. The highest BCUT2D eigenvalue weighted by molar-refractivity contribution is 7.92. The molecule has 1 amide bonds. The van der Waals surface area contributed by atoms with Crippen molar-refractivity contribution in [3.63, 3.8) is 0 Å². The van der Waals surface area contributed by atoms with E-state index >= 15 is 0 Å². The summed E-state index contributed by atoms with van der Waals surface area (Å²) in [6.45, 7) is 2.33. The first-order valence-electron chi connectivity index (χ1n) is 7.57. The van der Waals surface area contributed by atoms with Crippen LogP contribution in [0.2, 0.25) is 0 Å². The van der Waals surface area contributed by atoms with Crippen LogP contribution < -0.4 is 9.04 Å². The number of fused-ring (bicyclic) bond motifs is 1. The molecule has 2 heterocycles. The highest BCUT2D eigenvalue weighted by Crippen LogP contribution is 2.34. The molecule has 2 aliphatic rings. The van der Waals surface area contributed by atoms with Crippen LogP contribution in [-0.2, 0) is 19.6 Å². The molecule has 1 saturated heterocycles. The number of rotatable bonds is 2. The first-order valence-corrected chi connectivity index (χ1v) is 9.41. The summed E-state index contributed by atoms with van der Waals surface area (Å²) in [5.74, 6) is 0.306. The lowest BCUT2D eigenvalue weighted by molar-refractivity contribution is -0.142. The highest BCUT2D eigenvalue weighted by Gasteiger charge is 2.33. The topological polar surface area (TPSA) is 76.2 Å². The number of hydrogen-bond donors (Lipinski definition) is 0. The van der Waals surface area contributed by atoms with E-state index in [-0.39, 0.29) is 12.5 Å². The van der Waals surface area contributed by atoms with Crippen molar-refractivity contribution in [1.82, 2.24) is 4.90 Å². The summed E-state index contributed by atoms with van der Waals surface area (Å²) in [7, 11) is -3.43. The van der Waals surface area contributed by atoms with Gasteiger partial charge in [-0.1, -0.05) is 12.1 Å². The normalized spacial score (nSPS) is 22.0. The third kappa shape index (κ3) is 3.42. The van der Waals surface area contributed by atoms with E-state index in [1.54, 1.807) is 29.2 Å². The zero-order valence-corrected chi connectivity index (χ0v) is 13.8. The molecule has 0 aromatic heterocycles. The third-order valence-electron chi connectivity index (χ3n) is 4.00. The summed E-state index contributed by atoms with van der Waals surface area (Å²) >= 11 is 0. The van der Waals surface area contributed by atoms with Crippen molar-refractivity contribution in [1.29, 1.82) is 0 Å². The molecular weight excluding hydrogens is 320 g/mol. The smallest absolute Gasteiger partial charge is 0.263 e. The van der Waals surface area contributed by atoms with E-state index in [1.807, 2.05) is 0 Å². The Morgan fingerprint density at radius 3 is 2.57 bits per heavy atom. The number of morpholine rings is 1. The van der Waals surface area contributed by atoms with Crippen molar-refractivity contribution in [3.05, 3.63) is 24.3 Å². The average molecular weight is 340 g/mol. The van der Waals surface area contributed by atoms with Crippen molar-refractivity contribution < 1.29 is 22.7 Å². The zero-order chi connectivity index (χ0) is 16.4. The van der Waals surface area contributed by atoms with Gasteiger partial charge in [0.15, 0.2) is 6.10 Å². The molecule has 0 aliphatic carbocycles. The minimum absolute atomic E-state index is 0.113. The molecule has 3 rings (SSSR count). The fraction of sp³-hybridized carbons (Fsp3) is 0.533. The maximum absolute atomic E-state index is 12.6. The van der Waals surface area contributed by atoms with Gasteiger partial charge in [0.05, 0.1) is 25.2 Å². The molecule has 0 N–H and O–H groups in total. The van der Waals surface area contributed by atoms with Crippen molar-refractivity contribution in [2.75, 3.05) is 43.4 Å². The lowest BCUT2D eigenvalue weighted by Crippen LogP contribution is -2.47. The van der Waals surface area contributed by atoms with E-state index in [4.69, 9.17) is 9.47 Å². The van der Waals surface area contributed by atoms with Crippen LogP contribution in [0, 0.1) is 0 Å². The summed E-state index contributed by atoms with van der Waals surface area (Å²) in [6, 6.07) is 6.90. The Labute approximate surface area is 135 Å². The molecule has 1 aromatic rings. The molecule has 0 spiro atoms. The second kappa shape index (κ2) is 6.37. The quantitative estimate of drug-likeness (QED) is 0.782. The molecule has 7 nitrogen and oxygen atoms in total. The second-order valence-corrected chi connectivity index (χ2v) is 7.54. The molecule has 126 valence electrons. The maximum atomic E-state index is 12.6. The SMILES string of the molecule is CS(=O)(=O)N1CCC(C(=O)N2CCOCC2)Oc2ccccc21. The lowest BCUT2D eigenvalue weighted by atomic mass is 10.2. The summed E-state index contributed by atoms with van der Waals surface area (Å²) in [5.41, 5.74) is 0.479. The zero-order valence-electron chi connectivity index (χ0n) is 13.0. The van der Waals surface area contributed by atoms with Crippen LogP contribution in [0.3, 0.4) is 0 Å². The van der Waals surface area contributed by atoms with Crippen LogP contribution in [0.25, 0.3) is 0 Å². The van der Waals surface area contributed by atoms with Crippen LogP contribution in [0.4, 0.5) is 5.69 Å². The van der Waals surface area contributed by atoms with Crippen LogP contribution in [-0.4, -0.2) is 64.4 Å². The summed E-state index contributed by atoms with van der Waals surface area (Å²) in [4.78, 5) is 14.4. The number of amides is 1. The molecule has 1 fully saturated rings. The number of para-hydroxylation sites is 2. The van der Waals surface area contributed by atoms with Crippen molar-refractivity contribution >= 4 is 21.6 Å². The molecule has 1 atom stereocenters. The van der Waals surface area contributed by atoms with Crippen LogP contribution >= 0.6 is 0 Å². The number of carbonyl (C=O) groups excluding carboxylic acids is 1. The van der Waals surface area contributed by atoms with Gasteiger partial charge in [0.25, 0.3) is 5.91 Å². The van der Waals surface area contributed by atoms with Gasteiger partial charge in [0, 0.05) is 26.1 Å². The minimum atomic E-state index is -3.43. The predicted molar refractivity (Wildman–Crippen MR) is 85.1 cm³/mol. The molecule has 1 unspecified atom stereocenters. The standard InChI is InChI=1S/C15H20N2O5S/c1-23(19,20)17-7-6-14(15(18)16-8-10-21-11-9-16)22-13-5-3-2-4-12(13)17/h2-5,14H,6-11H2,1H3. The molecular formula is C15H20N2O5S. The molecule has 0 bridgehead atoms. The molecule has 0 radical (unpaired) electrons. The number of carbonyl (C=O) groups is 1. The number of hydrogen-bond acceptors (Lipinski definition) is 5. The van der Waals surface area contributed by atoms with Gasteiger partial charge in [0.2, 0.25) is 10.0 Å². The van der Waals surface area contributed by atoms with Crippen LogP contribution in [0.1, 0.15) is 6.42 Å². The summed E-state index contributed by atoms with van der Waals surface area (Å²) in [5, 5.41) is 0. The van der Waals surface area contributed by atoms with Crippen molar-refractivity contribution in [2.45, 2.75) is 12.5 Å². The highest BCUT2D eigenvalue weighted by atomic mass is 32.2. The van der Waals surface area contributed by atoms with E-state index in [9.17, 15) is 13.2 Å². The van der Waals surface area contributed by atoms with E-state index in [1.165, 1.54) is 4.31 Å². The summed E-state index contributed by atoms with van der Waals surface area (Å²) in [6.07, 6.45) is 0.798. The molecule has 0 saturated carbocycles. The Kier molecular flexibility index (Phi) is 4.45. The van der Waals surface area contributed by atoms with Gasteiger partial charge in [-0.25, -0.2) is 8.42 Å². The Bertz CT molecular complexity index is 685. The van der Waals surface area contributed by atoms with Crippen LogP contribution in [0.5, 0.6) is 5.75 Å². The Balaban J connectivity index is 1.86. The average Bonchev–Trinajstić information content (AvgIpc) is 2.74. The minimum Gasteiger partial charge on any atom is -0.478 e. The Morgan fingerprint density at radius 2 is 1.87 bits per heavy atom. The monoisotopic (exact) mass is 340 g/mol. The number of ether oxygens (including phenoxy) is 2. The molecule has 8 heteroatoms. The number of nitrogens with zero attached hydrogens (tertiary/aromatic N) is 2. The van der Waals surface area contributed by atoms with Gasteiger partial charge >= 0.3 is 0 Å². The van der Waals surface area contributed by atoms with E-state index in [2.05, 4.69) is 0 Å². The van der Waals surface area contributed by atoms with E-state index in [0.717, 1.165) is 6.26 Å². The van der Waals surface area contributed by atoms with Gasteiger partial charge in [-0.2, -0.15) is 0 Å². The lowest BCUT2D eigenvalue weighted by Gasteiger charge is -2.30. The van der Waals surface area contributed by atoms with E-state index < -0.39 is 16.1 Å². The van der Waals surface area contributed by atoms with E-state index in [0.29, 0.717) is 44.2 Å². The number of anilines is 1. The fourth-order valence-corrected chi connectivity index (χ4v) is 3.78.